The quantitative estimate of drug-likeness (QED) is 0.834. The van der Waals surface area contributed by atoms with Gasteiger partial charge in [0.05, 0.1) is 6.54 Å². The number of carbonyl (C=O) groups is 1. The zero-order chi connectivity index (χ0) is 13.5. The number of nitrogens with one attached hydrogen (secondary N) is 1. The Bertz CT molecular complexity index is 401. The van der Waals surface area contributed by atoms with E-state index in [0.29, 0.717) is 6.54 Å². The molecule has 0 aromatic heterocycles. The molecule has 0 aliphatic carbocycles. The topological polar surface area (TPSA) is 32.3 Å². The fourth-order valence-corrected chi connectivity index (χ4v) is 1.91. The third-order valence-electron chi connectivity index (χ3n) is 3.17. The molecule has 0 saturated heterocycles. The lowest BCUT2D eigenvalue weighted by Crippen LogP contribution is -2.36. The largest absolute Gasteiger partial charge is 0.344 e. The molecule has 0 atom stereocenters. The van der Waals surface area contributed by atoms with Gasteiger partial charge < -0.3 is 10.2 Å². The molecule has 0 aliphatic rings. The lowest BCUT2D eigenvalue weighted by Gasteiger charge is -2.18. The predicted molar refractivity (Wildman–Crippen MR) is 75.8 cm³/mol. The van der Waals surface area contributed by atoms with Crippen LogP contribution in [0.3, 0.4) is 0 Å². The molecule has 0 unspecified atom stereocenters. The molecule has 3 nitrogen and oxygen atoms in total. The summed E-state index contributed by atoms with van der Waals surface area (Å²) in [5.74, 6) is 0.154. The second kappa shape index (κ2) is 7.17. The maximum Gasteiger partial charge on any atom is 0.236 e. The molecule has 0 saturated carbocycles. The molecule has 1 amide bonds. The van der Waals surface area contributed by atoms with Crippen molar-refractivity contribution in [3.05, 3.63) is 34.9 Å². The van der Waals surface area contributed by atoms with Crippen LogP contribution >= 0.6 is 0 Å². The van der Waals surface area contributed by atoms with Gasteiger partial charge in [0.1, 0.15) is 0 Å². The predicted octanol–water partition coefficient (Wildman–Crippen LogP) is 1.91. The van der Waals surface area contributed by atoms with E-state index in [4.69, 9.17) is 0 Å². The Hall–Kier alpha value is -1.35. The summed E-state index contributed by atoms with van der Waals surface area (Å²) in [6.07, 6.45) is 0.917. The van der Waals surface area contributed by atoms with Gasteiger partial charge in [-0.1, -0.05) is 30.7 Å². The smallest absolute Gasteiger partial charge is 0.236 e. The summed E-state index contributed by atoms with van der Waals surface area (Å²) in [5, 5.41) is 3.05. The molecule has 1 aromatic carbocycles. The molecular weight excluding hydrogens is 224 g/mol. The van der Waals surface area contributed by atoms with Gasteiger partial charge in [-0.2, -0.15) is 0 Å². The SMILES string of the molecule is CCNCC(=O)N(C)CCc1ccc(C)cc1C. The Balaban J connectivity index is 2.46. The van der Waals surface area contributed by atoms with E-state index >= 15 is 0 Å². The number of aryl methyl sites for hydroxylation is 2. The van der Waals surface area contributed by atoms with Crippen molar-refractivity contribution in [3.8, 4) is 0 Å². The summed E-state index contributed by atoms with van der Waals surface area (Å²) < 4.78 is 0. The second-order valence-electron chi connectivity index (χ2n) is 4.78. The van der Waals surface area contributed by atoms with Crippen LogP contribution in [-0.2, 0) is 11.2 Å². The lowest BCUT2D eigenvalue weighted by molar-refractivity contribution is -0.128. The van der Waals surface area contributed by atoms with E-state index in [-0.39, 0.29) is 5.91 Å². The van der Waals surface area contributed by atoms with E-state index in [1.165, 1.54) is 16.7 Å². The van der Waals surface area contributed by atoms with Gasteiger partial charge in [-0.25, -0.2) is 0 Å². The van der Waals surface area contributed by atoms with Crippen LogP contribution in [0.1, 0.15) is 23.6 Å². The molecule has 0 heterocycles. The van der Waals surface area contributed by atoms with E-state index < -0.39 is 0 Å². The van der Waals surface area contributed by atoms with Gasteiger partial charge in [-0.3, -0.25) is 4.79 Å². The van der Waals surface area contributed by atoms with Crippen molar-refractivity contribution in [2.75, 3.05) is 26.7 Å². The molecule has 0 radical (unpaired) electrons. The van der Waals surface area contributed by atoms with E-state index in [9.17, 15) is 4.79 Å². The summed E-state index contributed by atoms with van der Waals surface area (Å²) in [6.45, 7) is 8.26. The fraction of sp³-hybridized carbons (Fsp3) is 0.533. The van der Waals surface area contributed by atoms with E-state index in [0.717, 1.165) is 19.5 Å². The first-order chi connectivity index (χ1) is 8.54. The highest BCUT2D eigenvalue weighted by atomic mass is 16.2. The zero-order valence-corrected chi connectivity index (χ0v) is 11.9. The number of nitrogens with zero attached hydrogens (tertiary/aromatic N) is 1. The normalized spacial score (nSPS) is 10.4. The molecule has 1 aromatic rings. The van der Waals surface area contributed by atoms with Crippen molar-refractivity contribution < 1.29 is 4.79 Å². The van der Waals surface area contributed by atoms with Crippen LogP contribution in [0.4, 0.5) is 0 Å². The molecule has 0 fully saturated rings. The number of hydrogen-bond acceptors (Lipinski definition) is 2. The van der Waals surface area contributed by atoms with Crippen LogP contribution in [0.5, 0.6) is 0 Å². The molecule has 18 heavy (non-hydrogen) atoms. The number of rotatable bonds is 6. The molecule has 1 rings (SSSR count). The highest BCUT2D eigenvalue weighted by Gasteiger charge is 2.08. The monoisotopic (exact) mass is 248 g/mol. The van der Waals surface area contributed by atoms with Crippen LogP contribution in [0, 0.1) is 13.8 Å². The van der Waals surface area contributed by atoms with Crippen LogP contribution < -0.4 is 5.32 Å². The van der Waals surface area contributed by atoms with Gasteiger partial charge in [-0.05, 0) is 37.9 Å². The molecule has 0 spiro atoms. The van der Waals surface area contributed by atoms with Crippen molar-refractivity contribution in [1.29, 1.82) is 0 Å². The summed E-state index contributed by atoms with van der Waals surface area (Å²) in [7, 11) is 1.86. The number of amides is 1. The third kappa shape index (κ3) is 4.49. The van der Waals surface area contributed by atoms with E-state index in [2.05, 4.69) is 37.4 Å². The van der Waals surface area contributed by atoms with Crippen molar-refractivity contribution in [1.82, 2.24) is 10.2 Å². The van der Waals surface area contributed by atoms with Gasteiger partial charge >= 0.3 is 0 Å². The van der Waals surface area contributed by atoms with Crippen molar-refractivity contribution >= 4 is 5.91 Å². The van der Waals surface area contributed by atoms with Gasteiger partial charge in [0.15, 0.2) is 0 Å². The van der Waals surface area contributed by atoms with Crippen molar-refractivity contribution in [3.63, 3.8) is 0 Å². The minimum Gasteiger partial charge on any atom is -0.344 e. The second-order valence-corrected chi connectivity index (χ2v) is 4.78. The first kappa shape index (κ1) is 14.7. The molecular formula is C15H24N2O. The standard InChI is InChI=1S/C15H24N2O/c1-5-16-11-15(18)17(4)9-8-14-7-6-12(2)10-13(14)3/h6-7,10,16H,5,8-9,11H2,1-4H3. The Kier molecular flexibility index (Phi) is 5.86. The van der Waals surface area contributed by atoms with E-state index in [1.54, 1.807) is 4.90 Å². The Morgan fingerprint density at radius 2 is 2.06 bits per heavy atom. The van der Waals surface area contributed by atoms with Gasteiger partial charge in [0.2, 0.25) is 5.91 Å². The first-order valence-electron chi connectivity index (χ1n) is 6.55. The van der Waals surface area contributed by atoms with Crippen LogP contribution in [0.2, 0.25) is 0 Å². The number of likely N-dealkylation sites (N-methyl/N-ethyl adjacent to an activating group) is 2. The summed E-state index contributed by atoms with van der Waals surface area (Å²) in [5.41, 5.74) is 3.92. The average molecular weight is 248 g/mol. The molecule has 1 N–H and O–H groups in total. The van der Waals surface area contributed by atoms with E-state index in [1.807, 2.05) is 14.0 Å². The zero-order valence-electron chi connectivity index (χ0n) is 11.9. The number of benzene rings is 1. The first-order valence-corrected chi connectivity index (χ1v) is 6.55. The Morgan fingerprint density at radius 1 is 1.33 bits per heavy atom. The maximum absolute atomic E-state index is 11.7. The van der Waals surface area contributed by atoms with Gasteiger partial charge in [-0.15, -0.1) is 0 Å². The van der Waals surface area contributed by atoms with Gasteiger partial charge in [0, 0.05) is 13.6 Å². The highest BCUT2D eigenvalue weighted by Crippen LogP contribution is 2.11. The molecule has 100 valence electrons. The molecule has 0 bridgehead atoms. The molecule has 0 aliphatic heterocycles. The van der Waals surface area contributed by atoms with Crippen LogP contribution in [0.15, 0.2) is 18.2 Å². The minimum absolute atomic E-state index is 0.154. The molecule has 3 heteroatoms. The summed E-state index contributed by atoms with van der Waals surface area (Å²) >= 11 is 0. The number of carbonyl (C=O) groups excluding carboxylic acids is 1. The van der Waals surface area contributed by atoms with Crippen LogP contribution in [-0.4, -0.2) is 37.5 Å². The maximum atomic E-state index is 11.7. The van der Waals surface area contributed by atoms with Crippen LogP contribution in [0.25, 0.3) is 0 Å². The highest BCUT2D eigenvalue weighted by molar-refractivity contribution is 5.77. The number of hydrogen-bond donors (Lipinski definition) is 1. The van der Waals surface area contributed by atoms with Gasteiger partial charge in [0.25, 0.3) is 0 Å². The summed E-state index contributed by atoms with van der Waals surface area (Å²) in [4.78, 5) is 13.5. The minimum atomic E-state index is 0.154. The Labute approximate surface area is 110 Å². The third-order valence-corrected chi connectivity index (χ3v) is 3.17. The van der Waals surface area contributed by atoms with Crippen molar-refractivity contribution in [2.45, 2.75) is 27.2 Å². The fourth-order valence-electron chi connectivity index (χ4n) is 1.91. The van der Waals surface area contributed by atoms with Crippen molar-refractivity contribution in [2.24, 2.45) is 0 Å². The average Bonchev–Trinajstić information content (AvgIpc) is 2.34. The Morgan fingerprint density at radius 3 is 2.67 bits per heavy atom. The lowest BCUT2D eigenvalue weighted by atomic mass is 10.0. The summed E-state index contributed by atoms with van der Waals surface area (Å²) in [6, 6.07) is 6.48.